The predicted molar refractivity (Wildman–Crippen MR) is 44.9 cm³/mol. The summed E-state index contributed by atoms with van der Waals surface area (Å²) >= 11 is 0. The Balaban J connectivity index is 2.05. The van der Waals surface area contributed by atoms with Gasteiger partial charge in [-0.2, -0.15) is 0 Å². The number of nitrogens with one attached hydrogen (secondary N) is 1. The van der Waals surface area contributed by atoms with Gasteiger partial charge in [0, 0.05) is 0 Å². The Bertz CT molecular complexity index is 193. The van der Waals surface area contributed by atoms with Gasteiger partial charge in [-0.3, -0.25) is 4.79 Å². The van der Waals surface area contributed by atoms with Crippen LogP contribution < -0.4 is 5.32 Å². The first-order valence-electron chi connectivity index (χ1n) is 4.75. The lowest BCUT2D eigenvalue weighted by Gasteiger charge is -2.26. The molecule has 68 valence electrons. The monoisotopic (exact) mass is 169 g/mol. The molecule has 2 unspecified atom stereocenters. The summed E-state index contributed by atoms with van der Waals surface area (Å²) in [6, 6.07) is -0.254. The van der Waals surface area contributed by atoms with Crippen molar-refractivity contribution in [2.45, 2.75) is 31.7 Å². The van der Waals surface area contributed by atoms with Crippen molar-refractivity contribution in [3.63, 3.8) is 0 Å². The Morgan fingerprint density at radius 3 is 2.83 bits per heavy atom. The van der Waals surface area contributed by atoms with Crippen LogP contribution in [0.1, 0.15) is 25.7 Å². The molecule has 2 rings (SSSR count). The quantitative estimate of drug-likeness (QED) is 0.611. The van der Waals surface area contributed by atoms with Gasteiger partial charge in [0.15, 0.2) is 0 Å². The van der Waals surface area contributed by atoms with Crippen LogP contribution in [0.15, 0.2) is 0 Å². The average Bonchev–Trinajstić information content (AvgIpc) is 2.47. The first-order chi connectivity index (χ1) is 5.79. The van der Waals surface area contributed by atoms with E-state index in [4.69, 9.17) is 5.11 Å². The number of fused-ring (bicyclic) bond motifs is 1. The standard InChI is InChI=1S/C9H15NO2/c11-9(12)8-7-4-2-1-3-6(7)5-10-8/h6-8,10H,1-5H2,(H,11,12)/t6?,7?,8-/m1/s1. The maximum absolute atomic E-state index is 10.8. The van der Waals surface area contributed by atoms with Crippen LogP contribution in [0.5, 0.6) is 0 Å². The minimum Gasteiger partial charge on any atom is -0.480 e. The SMILES string of the molecule is O=C(O)[C@@H]1NCC2CCCCC21. The van der Waals surface area contributed by atoms with Crippen LogP contribution in [-0.2, 0) is 4.79 Å². The van der Waals surface area contributed by atoms with Gasteiger partial charge in [-0.25, -0.2) is 0 Å². The molecule has 2 aliphatic rings. The topological polar surface area (TPSA) is 49.3 Å². The summed E-state index contributed by atoms with van der Waals surface area (Å²) in [4.78, 5) is 10.8. The molecule has 0 bridgehead atoms. The molecule has 0 amide bonds. The van der Waals surface area contributed by atoms with Crippen molar-refractivity contribution < 1.29 is 9.90 Å². The highest BCUT2D eigenvalue weighted by atomic mass is 16.4. The van der Waals surface area contributed by atoms with Crippen molar-refractivity contribution in [2.24, 2.45) is 11.8 Å². The first kappa shape index (κ1) is 8.05. The summed E-state index contributed by atoms with van der Waals surface area (Å²) < 4.78 is 0. The second-order valence-corrected chi connectivity index (χ2v) is 3.93. The normalized spacial score (nSPS) is 40.8. The molecule has 0 aromatic carbocycles. The molecule has 0 spiro atoms. The molecule has 2 N–H and O–H groups in total. The number of rotatable bonds is 1. The molecule has 1 saturated carbocycles. The molecule has 1 saturated heterocycles. The summed E-state index contributed by atoms with van der Waals surface area (Å²) in [5.41, 5.74) is 0. The lowest BCUT2D eigenvalue weighted by Crippen LogP contribution is -2.36. The van der Waals surface area contributed by atoms with Crippen LogP contribution in [0.25, 0.3) is 0 Å². The molecule has 0 radical (unpaired) electrons. The van der Waals surface area contributed by atoms with Gasteiger partial charge < -0.3 is 10.4 Å². The van der Waals surface area contributed by atoms with Gasteiger partial charge in [-0.05, 0) is 31.2 Å². The molecule has 0 aromatic heterocycles. The van der Waals surface area contributed by atoms with Crippen molar-refractivity contribution in [1.82, 2.24) is 5.32 Å². The fraction of sp³-hybridized carbons (Fsp3) is 0.889. The molecule has 1 aliphatic carbocycles. The maximum Gasteiger partial charge on any atom is 0.320 e. The van der Waals surface area contributed by atoms with Crippen LogP contribution >= 0.6 is 0 Å². The number of carboxylic acid groups (broad SMARTS) is 1. The Morgan fingerprint density at radius 2 is 2.08 bits per heavy atom. The van der Waals surface area contributed by atoms with Gasteiger partial charge in [0.05, 0.1) is 0 Å². The smallest absolute Gasteiger partial charge is 0.320 e. The Kier molecular flexibility index (Phi) is 2.05. The Hall–Kier alpha value is -0.570. The van der Waals surface area contributed by atoms with Crippen LogP contribution in [0.2, 0.25) is 0 Å². The van der Waals surface area contributed by atoms with Crippen LogP contribution in [0.4, 0.5) is 0 Å². The number of hydrogen-bond donors (Lipinski definition) is 2. The molecular formula is C9H15NO2. The fourth-order valence-corrected chi connectivity index (χ4v) is 2.63. The third-order valence-electron chi connectivity index (χ3n) is 3.26. The van der Waals surface area contributed by atoms with Crippen molar-refractivity contribution in [2.75, 3.05) is 6.54 Å². The molecule has 3 nitrogen and oxygen atoms in total. The van der Waals surface area contributed by atoms with Gasteiger partial charge in [-0.15, -0.1) is 0 Å². The highest BCUT2D eigenvalue weighted by molar-refractivity contribution is 5.74. The molecule has 0 aromatic rings. The Morgan fingerprint density at radius 1 is 1.33 bits per heavy atom. The Labute approximate surface area is 72.2 Å². The predicted octanol–water partition coefficient (Wildman–Crippen LogP) is 0.849. The van der Waals surface area contributed by atoms with Crippen LogP contribution in [-0.4, -0.2) is 23.7 Å². The zero-order chi connectivity index (χ0) is 8.55. The van der Waals surface area contributed by atoms with E-state index in [1.54, 1.807) is 0 Å². The zero-order valence-electron chi connectivity index (χ0n) is 7.12. The van der Waals surface area contributed by atoms with Crippen molar-refractivity contribution in [3.05, 3.63) is 0 Å². The van der Waals surface area contributed by atoms with Crippen LogP contribution in [0, 0.1) is 11.8 Å². The van der Waals surface area contributed by atoms with E-state index in [9.17, 15) is 4.79 Å². The lowest BCUT2D eigenvalue weighted by atomic mass is 9.78. The molecule has 12 heavy (non-hydrogen) atoms. The van der Waals surface area contributed by atoms with E-state index in [-0.39, 0.29) is 6.04 Å². The number of hydrogen-bond acceptors (Lipinski definition) is 2. The van der Waals surface area contributed by atoms with E-state index in [2.05, 4.69) is 5.32 Å². The molecule has 3 heteroatoms. The third-order valence-corrected chi connectivity index (χ3v) is 3.26. The van der Waals surface area contributed by atoms with E-state index in [1.807, 2.05) is 0 Å². The number of carboxylic acids is 1. The summed E-state index contributed by atoms with van der Waals surface area (Å²) in [6.45, 7) is 0.918. The van der Waals surface area contributed by atoms with Gasteiger partial charge in [-0.1, -0.05) is 12.8 Å². The van der Waals surface area contributed by atoms with E-state index >= 15 is 0 Å². The summed E-state index contributed by atoms with van der Waals surface area (Å²) in [5, 5.41) is 12.0. The van der Waals surface area contributed by atoms with E-state index < -0.39 is 5.97 Å². The number of carbonyl (C=O) groups is 1. The zero-order valence-corrected chi connectivity index (χ0v) is 7.12. The second kappa shape index (κ2) is 3.05. The minimum atomic E-state index is -0.663. The van der Waals surface area contributed by atoms with Crippen molar-refractivity contribution in [3.8, 4) is 0 Å². The summed E-state index contributed by atoms with van der Waals surface area (Å²) in [5.74, 6) is 0.389. The second-order valence-electron chi connectivity index (χ2n) is 3.93. The third kappa shape index (κ3) is 1.22. The van der Waals surface area contributed by atoms with E-state index in [1.165, 1.54) is 19.3 Å². The average molecular weight is 169 g/mol. The highest BCUT2D eigenvalue weighted by Gasteiger charge is 2.40. The lowest BCUT2D eigenvalue weighted by molar-refractivity contribution is -0.140. The molecule has 1 aliphatic heterocycles. The van der Waals surface area contributed by atoms with Crippen molar-refractivity contribution >= 4 is 5.97 Å². The largest absolute Gasteiger partial charge is 0.480 e. The van der Waals surface area contributed by atoms with Crippen molar-refractivity contribution in [1.29, 1.82) is 0 Å². The van der Waals surface area contributed by atoms with E-state index in [0.717, 1.165) is 13.0 Å². The first-order valence-corrected chi connectivity index (χ1v) is 4.75. The van der Waals surface area contributed by atoms with Gasteiger partial charge in [0.1, 0.15) is 6.04 Å². The van der Waals surface area contributed by atoms with Gasteiger partial charge in [0.25, 0.3) is 0 Å². The minimum absolute atomic E-state index is 0.254. The van der Waals surface area contributed by atoms with Crippen LogP contribution in [0.3, 0.4) is 0 Å². The van der Waals surface area contributed by atoms with Gasteiger partial charge in [0.2, 0.25) is 0 Å². The highest BCUT2D eigenvalue weighted by Crippen LogP contribution is 2.35. The van der Waals surface area contributed by atoms with Gasteiger partial charge >= 0.3 is 5.97 Å². The molecule has 1 heterocycles. The fourth-order valence-electron chi connectivity index (χ4n) is 2.63. The summed E-state index contributed by atoms with van der Waals surface area (Å²) in [7, 11) is 0. The number of aliphatic carboxylic acids is 1. The summed E-state index contributed by atoms with van der Waals surface area (Å²) in [6.07, 6.45) is 4.83. The molecule has 3 atom stereocenters. The maximum atomic E-state index is 10.8. The molecular weight excluding hydrogens is 154 g/mol. The molecule has 2 fully saturated rings. The van der Waals surface area contributed by atoms with E-state index in [0.29, 0.717) is 11.8 Å².